The molecular formula is C22H32N2O3. The number of aliphatic carboxylic acids is 1. The Morgan fingerprint density at radius 2 is 1.96 bits per heavy atom. The number of piperidine rings is 1. The van der Waals surface area contributed by atoms with Crippen LogP contribution in [0.3, 0.4) is 0 Å². The number of benzene rings is 1. The van der Waals surface area contributed by atoms with Crippen molar-refractivity contribution in [2.75, 3.05) is 31.1 Å². The Bertz CT molecular complexity index is 708. The van der Waals surface area contributed by atoms with E-state index in [4.69, 9.17) is 0 Å². The van der Waals surface area contributed by atoms with Crippen LogP contribution in [0.4, 0.5) is 5.69 Å². The third-order valence-corrected chi connectivity index (χ3v) is 5.72. The van der Waals surface area contributed by atoms with Crippen LogP contribution in [0, 0.1) is 11.3 Å². The van der Waals surface area contributed by atoms with Crippen LogP contribution in [0.2, 0.25) is 0 Å². The number of carboxylic acids is 1. The number of rotatable bonds is 4. The number of amides is 1. The lowest BCUT2D eigenvalue weighted by molar-refractivity contribution is -0.143. The number of hydrogen-bond donors (Lipinski definition) is 1. The first-order chi connectivity index (χ1) is 12.8. The zero-order valence-corrected chi connectivity index (χ0v) is 16.8. The molecule has 0 saturated carbocycles. The van der Waals surface area contributed by atoms with Crippen molar-refractivity contribution in [1.82, 2.24) is 4.90 Å². The summed E-state index contributed by atoms with van der Waals surface area (Å²) in [4.78, 5) is 28.2. The number of carboxylic acid groups (broad SMARTS) is 1. The van der Waals surface area contributed by atoms with E-state index in [0.717, 1.165) is 57.4 Å². The minimum Gasteiger partial charge on any atom is -0.481 e. The molecule has 2 aliphatic rings. The molecule has 2 aliphatic heterocycles. The lowest BCUT2D eigenvalue weighted by Gasteiger charge is -2.34. The van der Waals surface area contributed by atoms with Crippen LogP contribution in [-0.2, 0) is 22.4 Å². The summed E-state index contributed by atoms with van der Waals surface area (Å²) in [5.41, 5.74) is 3.23. The third-order valence-electron chi connectivity index (χ3n) is 5.72. The Morgan fingerprint density at radius 3 is 2.67 bits per heavy atom. The summed E-state index contributed by atoms with van der Waals surface area (Å²) < 4.78 is 0. The van der Waals surface area contributed by atoms with Gasteiger partial charge in [-0.2, -0.15) is 0 Å². The van der Waals surface area contributed by atoms with Crippen LogP contribution >= 0.6 is 0 Å². The van der Waals surface area contributed by atoms with E-state index in [0.29, 0.717) is 6.54 Å². The van der Waals surface area contributed by atoms with Crippen molar-refractivity contribution in [3.8, 4) is 0 Å². The molecular weight excluding hydrogens is 340 g/mol. The van der Waals surface area contributed by atoms with Crippen molar-refractivity contribution >= 4 is 17.6 Å². The molecule has 1 N–H and O–H groups in total. The van der Waals surface area contributed by atoms with E-state index in [1.165, 1.54) is 11.1 Å². The van der Waals surface area contributed by atoms with Crippen molar-refractivity contribution in [2.45, 2.75) is 52.9 Å². The molecule has 1 atom stereocenters. The Hall–Kier alpha value is -1.88. The molecule has 27 heavy (non-hydrogen) atoms. The second kappa shape index (κ2) is 8.01. The largest absolute Gasteiger partial charge is 0.481 e. The fourth-order valence-corrected chi connectivity index (χ4v) is 4.17. The van der Waals surface area contributed by atoms with Gasteiger partial charge >= 0.3 is 5.97 Å². The number of hydrogen-bond acceptors (Lipinski definition) is 3. The summed E-state index contributed by atoms with van der Waals surface area (Å²) in [6, 6.07) is 6.48. The predicted octanol–water partition coefficient (Wildman–Crippen LogP) is 3.35. The predicted molar refractivity (Wildman–Crippen MR) is 107 cm³/mol. The molecule has 2 heterocycles. The lowest BCUT2D eigenvalue weighted by atomic mass is 9.91. The average molecular weight is 373 g/mol. The first kappa shape index (κ1) is 19.9. The number of carbonyl (C=O) groups excluding carboxylic acids is 1. The highest BCUT2D eigenvalue weighted by Crippen LogP contribution is 2.32. The molecule has 0 bridgehead atoms. The fourth-order valence-electron chi connectivity index (χ4n) is 4.17. The van der Waals surface area contributed by atoms with E-state index in [9.17, 15) is 14.7 Å². The van der Waals surface area contributed by atoms with Crippen LogP contribution in [0.25, 0.3) is 0 Å². The Balaban J connectivity index is 1.66. The third kappa shape index (κ3) is 4.70. The van der Waals surface area contributed by atoms with Crippen LogP contribution in [-0.4, -0.2) is 48.1 Å². The molecule has 0 aromatic heterocycles. The summed E-state index contributed by atoms with van der Waals surface area (Å²) >= 11 is 0. The van der Waals surface area contributed by atoms with E-state index in [2.05, 4.69) is 23.1 Å². The second-order valence-corrected chi connectivity index (χ2v) is 9.00. The molecule has 3 rings (SSSR count). The molecule has 5 heteroatoms. The molecule has 0 radical (unpaired) electrons. The van der Waals surface area contributed by atoms with Gasteiger partial charge < -0.3 is 14.9 Å². The lowest BCUT2D eigenvalue weighted by Crippen LogP contribution is -2.42. The van der Waals surface area contributed by atoms with Crippen molar-refractivity contribution in [3.63, 3.8) is 0 Å². The maximum Gasteiger partial charge on any atom is 0.307 e. The van der Waals surface area contributed by atoms with E-state index in [1.54, 1.807) is 0 Å². The van der Waals surface area contributed by atoms with Gasteiger partial charge in [0.15, 0.2) is 0 Å². The highest BCUT2D eigenvalue weighted by Gasteiger charge is 2.31. The standard InChI is InChI=1S/C22H32N2O3/c1-22(2,3)21(27)24-12-5-6-17-14-16(8-9-19(17)24)10-13-23-11-4-7-18(15-23)20(25)26/h8-9,14,18H,4-7,10-13,15H2,1-3H3,(H,25,26). The van der Waals surface area contributed by atoms with Gasteiger partial charge in [0.2, 0.25) is 5.91 Å². The summed E-state index contributed by atoms with van der Waals surface area (Å²) in [6.45, 7) is 9.26. The SMILES string of the molecule is CC(C)(C)C(=O)N1CCCc2cc(CCN3CCCC(C(=O)O)C3)ccc21. The minimum atomic E-state index is -0.669. The molecule has 1 saturated heterocycles. The Kier molecular flexibility index (Phi) is 5.89. The molecule has 1 aromatic carbocycles. The van der Waals surface area contributed by atoms with Gasteiger partial charge in [-0.25, -0.2) is 0 Å². The van der Waals surface area contributed by atoms with Gasteiger partial charge in [-0.05, 0) is 55.8 Å². The molecule has 0 spiro atoms. The second-order valence-electron chi connectivity index (χ2n) is 9.00. The van der Waals surface area contributed by atoms with Crippen molar-refractivity contribution in [3.05, 3.63) is 29.3 Å². The molecule has 1 unspecified atom stereocenters. The van der Waals surface area contributed by atoms with Crippen LogP contribution in [0.5, 0.6) is 0 Å². The number of nitrogens with zero attached hydrogens (tertiary/aromatic N) is 2. The fraction of sp³-hybridized carbons (Fsp3) is 0.636. The molecule has 1 aromatic rings. The Morgan fingerprint density at radius 1 is 1.19 bits per heavy atom. The quantitative estimate of drug-likeness (QED) is 0.880. The van der Waals surface area contributed by atoms with Crippen LogP contribution < -0.4 is 4.90 Å². The van der Waals surface area contributed by atoms with Crippen LogP contribution in [0.15, 0.2) is 18.2 Å². The molecule has 0 aliphatic carbocycles. The first-order valence-electron chi connectivity index (χ1n) is 10.1. The number of likely N-dealkylation sites (tertiary alicyclic amines) is 1. The topological polar surface area (TPSA) is 60.9 Å². The number of fused-ring (bicyclic) bond motifs is 1. The minimum absolute atomic E-state index is 0.184. The van der Waals surface area contributed by atoms with Gasteiger partial charge in [0.05, 0.1) is 5.92 Å². The number of anilines is 1. The zero-order valence-electron chi connectivity index (χ0n) is 16.8. The molecule has 5 nitrogen and oxygen atoms in total. The Labute approximate surface area is 162 Å². The van der Waals surface area contributed by atoms with Gasteiger partial charge in [-0.1, -0.05) is 32.9 Å². The molecule has 1 amide bonds. The van der Waals surface area contributed by atoms with E-state index >= 15 is 0 Å². The number of aryl methyl sites for hydroxylation is 1. The smallest absolute Gasteiger partial charge is 0.307 e. The molecule has 148 valence electrons. The van der Waals surface area contributed by atoms with Gasteiger partial charge in [-0.15, -0.1) is 0 Å². The summed E-state index contributed by atoms with van der Waals surface area (Å²) in [6.07, 6.45) is 4.70. The van der Waals surface area contributed by atoms with Gasteiger partial charge in [0.25, 0.3) is 0 Å². The van der Waals surface area contributed by atoms with Crippen LogP contribution in [0.1, 0.15) is 51.2 Å². The van der Waals surface area contributed by atoms with Crippen molar-refractivity contribution < 1.29 is 14.7 Å². The highest BCUT2D eigenvalue weighted by molar-refractivity contribution is 5.98. The van der Waals surface area contributed by atoms with Crippen molar-refractivity contribution in [2.24, 2.45) is 11.3 Å². The summed E-state index contributed by atoms with van der Waals surface area (Å²) in [5.74, 6) is -0.708. The van der Waals surface area contributed by atoms with Gasteiger partial charge in [0.1, 0.15) is 0 Å². The average Bonchev–Trinajstić information content (AvgIpc) is 2.64. The van der Waals surface area contributed by atoms with E-state index in [-0.39, 0.29) is 17.2 Å². The highest BCUT2D eigenvalue weighted by atomic mass is 16.4. The normalized spacial score (nSPS) is 21.0. The van der Waals surface area contributed by atoms with Gasteiger partial charge in [-0.3, -0.25) is 9.59 Å². The zero-order chi connectivity index (χ0) is 19.6. The monoisotopic (exact) mass is 372 g/mol. The van der Waals surface area contributed by atoms with E-state index < -0.39 is 5.97 Å². The van der Waals surface area contributed by atoms with Crippen molar-refractivity contribution in [1.29, 1.82) is 0 Å². The van der Waals surface area contributed by atoms with Gasteiger partial charge in [0, 0.05) is 30.7 Å². The maximum absolute atomic E-state index is 12.8. The summed E-state index contributed by atoms with van der Waals surface area (Å²) in [7, 11) is 0. The van der Waals surface area contributed by atoms with E-state index in [1.807, 2.05) is 25.7 Å². The number of carbonyl (C=O) groups is 2. The first-order valence-corrected chi connectivity index (χ1v) is 10.1. The summed E-state index contributed by atoms with van der Waals surface area (Å²) in [5, 5.41) is 9.24. The maximum atomic E-state index is 12.8. The molecule has 1 fully saturated rings.